The van der Waals surface area contributed by atoms with Gasteiger partial charge in [-0.25, -0.2) is 9.18 Å². The van der Waals surface area contributed by atoms with E-state index >= 15 is 0 Å². The molecule has 2 aromatic rings. The van der Waals surface area contributed by atoms with Gasteiger partial charge < -0.3 is 15.6 Å². The number of nitrogens with two attached hydrogens (primary N) is 1. The summed E-state index contributed by atoms with van der Waals surface area (Å²) in [5, 5.41) is 8.73. The zero-order valence-electron chi connectivity index (χ0n) is 9.26. The minimum atomic E-state index is -1.37. The summed E-state index contributed by atoms with van der Waals surface area (Å²) in [5.41, 5.74) is 5.21. The molecule has 92 valence electrons. The topological polar surface area (TPSA) is 72.6 Å². The lowest BCUT2D eigenvalue weighted by molar-refractivity contribution is 0.0692. The lowest BCUT2D eigenvalue weighted by Gasteiger charge is -2.09. The Bertz CT molecular complexity index is 584. The lowest BCUT2D eigenvalue weighted by atomic mass is 10.2. The van der Waals surface area contributed by atoms with Gasteiger partial charge in [-0.05, 0) is 18.2 Å². The molecule has 0 amide bonds. The van der Waals surface area contributed by atoms with E-state index < -0.39 is 17.3 Å². The van der Waals surface area contributed by atoms with Crippen LogP contribution in [-0.2, 0) is 0 Å². The fraction of sp³-hybridized carbons (Fsp3) is 0. The SMILES string of the molecule is Nc1cc(C(=O)O)c(F)cc1Oc1ccccc1. The predicted molar refractivity (Wildman–Crippen MR) is 64.3 cm³/mol. The number of ether oxygens (including phenoxy) is 1. The first-order valence-electron chi connectivity index (χ1n) is 5.13. The molecular formula is C13H10FNO3. The number of nitrogen functional groups attached to an aromatic ring is 1. The lowest BCUT2D eigenvalue weighted by Crippen LogP contribution is -2.03. The zero-order valence-corrected chi connectivity index (χ0v) is 9.26. The van der Waals surface area contributed by atoms with Crippen molar-refractivity contribution in [3.8, 4) is 11.5 Å². The minimum Gasteiger partial charge on any atom is -0.478 e. The maximum absolute atomic E-state index is 13.5. The molecule has 0 saturated heterocycles. The standard InChI is InChI=1S/C13H10FNO3/c14-10-7-12(11(15)6-9(10)13(16)17)18-8-4-2-1-3-5-8/h1-7H,15H2,(H,16,17). The number of hydrogen-bond acceptors (Lipinski definition) is 3. The second-order valence-corrected chi connectivity index (χ2v) is 3.59. The highest BCUT2D eigenvalue weighted by Gasteiger charge is 2.14. The molecule has 0 bridgehead atoms. The molecule has 5 heteroatoms. The Morgan fingerprint density at radius 3 is 2.50 bits per heavy atom. The fourth-order valence-corrected chi connectivity index (χ4v) is 1.44. The average Bonchev–Trinajstić information content (AvgIpc) is 2.34. The molecule has 0 unspecified atom stereocenters. The molecule has 0 atom stereocenters. The molecule has 2 aromatic carbocycles. The van der Waals surface area contributed by atoms with Gasteiger partial charge >= 0.3 is 5.97 Å². The van der Waals surface area contributed by atoms with Crippen LogP contribution in [0.5, 0.6) is 11.5 Å². The predicted octanol–water partition coefficient (Wildman–Crippen LogP) is 2.90. The van der Waals surface area contributed by atoms with Crippen molar-refractivity contribution in [2.45, 2.75) is 0 Å². The third-order valence-electron chi connectivity index (χ3n) is 2.30. The summed E-state index contributed by atoms with van der Waals surface area (Å²) in [4.78, 5) is 10.7. The van der Waals surface area contributed by atoms with Crippen molar-refractivity contribution in [2.24, 2.45) is 0 Å². The summed E-state index contributed by atoms with van der Waals surface area (Å²) in [6.45, 7) is 0. The molecule has 0 saturated carbocycles. The Kier molecular flexibility index (Phi) is 3.14. The van der Waals surface area contributed by atoms with Crippen molar-refractivity contribution in [1.29, 1.82) is 0 Å². The third-order valence-corrected chi connectivity index (χ3v) is 2.30. The van der Waals surface area contributed by atoms with E-state index in [9.17, 15) is 9.18 Å². The molecule has 3 N–H and O–H groups in total. The molecule has 2 rings (SSSR count). The van der Waals surface area contributed by atoms with Crippen LogP contribution in [0.15, 0.2) is 42.5 Å². The number of carbonyl (C=O) groups is 1. The van der Waals surface area contributed by atoms with Crippen LogP contribution in [0.1, 0.15) is 10.4 Å². The summed E-state index contributed by atoms with van der Waals surface area (Å²) < 4.78 is 18.8. The van der Waals surface area contributed by atoms with Gasteiger partial charge in [0.15, 0.2) is 5.75 Å². The quantitative estimate of drug-likeness (QED) is 0.818. The van der Waals surface area contributed by atoms with Crippen LogP contribution in [0.2, 0.25) is 0 Å². The summed E-state index contributed by atoms with van der Waals surface area (Å²) >= 11 is 0. The number of para-hydroxylation sites is 1. The van der Waals surface area contributed by atoms with Gasteiger partial charge in [-0.2, -0.15) is 0 Å². The van der Waals surface area contributed by atoms with Crippen LogP contribution in [0.25, 0.3) is 0 Å². The molecule has 0 aromatic heterocycles. The smallest absolute Gasteiger partial charge is 0.338 e. The average molecular weight is 247 g/mol. The number of anilines is 1. The molecule has 0 aliphatic heterocycles. The Morgan fingerprint density at radius 1 is 1.22 bits per heavy atom. The number of carboxylic acid groups (broad SMARTS) is 1. The largest absolute Gasteiger partial charge is 0.478 e. The molecule has 0 spiro atoms. The highest BCUT2D eigenvalue weighted by atomic mass is 19.1. The van der Waals surface area contributed by atoms with Crippen molar-refractivity contribution in [1.82, 2.24) is 0 Å². The van der Waals surface area contributed by atoms with Gasteiger partial charge in [-0.15, -0.1) is 0 Å². The number of aromatic carboxylic acids is 1. The van der Waals surface area contributed by atoms with E-state index in [0.717, 1.165) is 12.1 Å². The maximum atomic E-state index is 13.5. The van der Waals surface area contributed by atoms with Crippen molar-refractivity contribution in [2.75, 3.05) is 5.73 Å². The van der Waals surface area contributed by atoms with Crippen LogP contribution >= 0.6 is 0 Å². The van der Waals surface area contributed by atoms with Crippen LogP contribution in [0.4, 0.5) is 10.1 Å². The second-order valence-electron chi connectivity index (χ2n) is 3.59. The van der Waals surface area contributed by atoms with E-state index in [0.29, 0.717) is 5.75 Å². The Balaban J connectivity index is 2.35. The molecule has 0 aliphatic carbocycles. The Labute approximate surface area is 102 Å². The van der Waals surface area contributed by atoms with Gasteiger partial charge in [0.05, 0.1) is 11.3 Å². The maximum Gasteiger partial charge on any atom is 0.338 e. The number of carboxylic acids is 1. The number of hydrogen-bond donors (Lipinski definition) is 2. The van der Waals surface area contributed by atoms with E-state index in [1.807, 2.05) is 6.07 Å². The van der Waals surface area contributed by atoms with Gasteiger partial charge in [0, 0.05) is 6.07 Å². The molecular weight excluding hydrogens is 237 g/mol. The monoisotopic (exact) mass is 247 g/mol. The molecule has 4 nitrogen and oxygen atoms in total. The van der Waals surface area contributed by atoms with E-state index in [2.05, 4.69) is 0 Å². The first kappa shape index (κ1) is 11.9. The minimum absolute atomic E-state index is 0.0673. The van der Waals surface area contributed by atoms with E-state index in [1.54, 1.807) is 24.3 Å². The third kappa shape index (κ3) is 2.40. The van der Waals surface area contributed by atoms with E-state index in [-0.39, 0.29) is 11.4 Å². The highest BCUT2D eigenvalue weighted by Crippen LogP contribution is 2.29. The Hall–Kier alpha value is -2.56. The summed E-state index contributed by atoms with van der Waals surface area (Å²) in [6.07, 6.45) is 0. The van der Waals surface area contributed by atoms with Crippen molar-refractivity contribution >= 4 is 11.7 Å². The highest BCUT2D eigenvalue weighted by molar-refractivity contribution is 5.89. The second kappa shape index (κ2) is 4.75. The first-order valence-corrected chi connectivity index (χ1v) is 5.13. The fourth-order valence-electron chi connectivity index (χ4n) is 1.44. The summed E-state index contributed by atoms with van der Waals surface area (Å²) in [5.74, 6) is -1.68. The van der Waals surface area contributed by atoms with Crippen molar-refractivity contribution in [3.63, 3.8) is 0 Å². The summed E-state index contributed by atoms with van der Waals surface area (Å²) in [7, 11) is 0. The van der Waals surface area contributed by atoms with Crippen LogP contribution in [0, 0.1) is 5.82 Å². The van der Waals surface area contributed by atoms with Gasteiger partial charge in [0.25, 0.3) is 0 Å². The van der Waals surface area contributed by atoms with Crippen molar-refractivity contribution in [3.05, 3.63) is 53.8 Å². The van der Waals surface area contributed by atoms with Gasteiger partial charge in [0.2, 0.25) is 0 Å². The van der Waals surface area contributed by atoms with Crippen LogP contribution < -0.4 is 10.5 Å². The molecule has 18 heavy (non-hydrogen) atoms. The molecule has 0 radical (unpaired) electrons. The zero-order chi connectivity index (χ0) is 13.1. The van der Waals surface area contributed by atoms with E-state index in [4.69, 9.17) is 15.6 Å². The van der Waals surface area contributed by atoms with Crippen LogP contribution in [-0.4, -0.2) is 11.1 Å². The van der Waals surface area contributed by atoms with Gasteiger partial charge in [-0.1, -0.05) is 18.2 Å². The van der Waals surface area contributed by atoms with Crippen LogP contribution in [0.3, 0.4) is 0 Å². The van der Waals surface area contributed by atoms with Gasteiger partial charge in [-0.3, -0.25) is 0 Å². The summed E-state index contributed by atoms with van der Waals surface area (Å²) in [6, 6.07) is 10.7. The Morgan fingerprint density at radius 2 is 1.89 bits per heavy atom. The number of benzene rings is 2. The molecule has 0 aliphatic rings. The van der Waals surface area contributed by atoms with E-state index in [1.165, 1.54) is 0 Å². The van der Waals surface area contributed by atoms with Gasteiger partial charge in [0.1, 0.15) is 11.6 Å². The number of rotatable bonds is 3. The molecule has 0 heterocycles. The first-order chi connectivity index (χ1) is 8.58. The normalized spacial score (nSPS) is 10.1. The van der Waals surface area contributed by atoms with Crippen molar-refractivity contribution < 1.29 is 19.0 Å². The molecule has 0 fully saturated rings. The number of halogens is 1.